The van der Waals surface area contributed by atoms with Crippen LogP contribution in [0.1, 0.15) is 47.1 Å². The predicted octanol–water partition coefficient (Wildman–Crippen LogP) is 4.60. The third kappa shape index (κ3) is 4.21. The summed E-state index contributed by atoms with van der Waals surface area (Å²) in [5.74, 6) is 0.0680. The largest absolute Gasteiger partial charge is 0.489 e. The highest BCUT2D eigenvalue weighted by atomic mass is 19.4. The topological polar surface area (TPSA) is 117 Å². The molecular weight excluding hydrogens is 471 g/mol. The number of rotatable bonds is 6. The number of hydrogen-bond acceptors (Lipinski definition) is 7. The SMILES string of the molecule is Cc1onc(C(=O)N2c3ccnn3C(C(F)(F)F)CC2C2CC2)c1COc1ccc([N+](=O)[O-])cc1. The van der Waals surface area contributed by atoms with Crippen molar-refractivity contribution in [2.24, 2.45) is 5.92 Å². The number of anilines is 1. The standard InChI is InChI=1S/C22H20F3N5O5/c1-12-16(11-34-15-6-4-14(5-7-15)30(32)33)20(27-35-12)21(31)28-17(13-2-3-13)10-18(22(23,24)25)29-19(28)8-9-26-29/h4-9,13,17-18H,2-3,10-11H2,1H3. The number of alkyl halides is 3. The average molecular weight is 491 g/mol. The average Bonchev–Trinajstić information content (AvgIpc) is 3.43. The van der Waals surface area contributed by atoms with Crippen molar-refractivity contribution in [3.63, 3.8) is 0 Å². The van der Waals surface area contributed by atoms with Gasteiger partial charge >= 0.3 is 6.18 Å². The summed E-state index contributed by atoms with van der Waals surface area (Å²) in [5.41, 5.74) is 0.180. The van der Waals surface area contributed by atoms with Gasteiger partial charge < -0.3 is 9.26 Å². The molecule has 2 unspecified atom stereocenters. The van der Waals surface area contributed by atoms with E-state index in [0.29, 0.717) is 17.1 Å². The second-order valence-electron chi connectivity index (χ2n) is 8.61. The molecule has 2 aromatic heterocycles. The highest BCUT2D eigenvalue weighted by molar-refractivity contribution is 6.06. The van der Waals surface area contributed by atoms with Crippen molar-refractivity contribution in [1.82, 2.24) is 14.9 Å². The minimum absolute atomic E-state index is 0.0414. The van der Waals surface area contributed by atoms with Crippen LogP contribution in [-0.4, -0.2) is 38.0 Å². The van der Waals surface area contributed by atoms with Crippen molar-refractivity contribution < 1.29 is 32.1 Å². The summed E-state index contributed by atoms with van der Waals surface area (Å²) in [4.78, 5) is 25.3. The van der Waals surface area contributed by atoms with Gasteiger partial charge in [-0.15, -0.1) is 0 Å². The zero-order valence-electron chi connectivity index (χ0n) is 18.4. The Morgan fingerprint density at radius 2 is 1.97 bits per heavy atom. The molecule has 1 aliphatic heterocycles. The molecule has 0 bridgehead atoms. The number of nitrogens with zero attached hydrogens (tertiary/aromatic N) is 5. The maximum absolute atomic E-state index is 13.8. The molecule has 2 atom stereocenters. The number of nitro groups is 1. The first-order valence-corrected chi connectivity index (χ1v) is 10.9. The lowest BCUT2D eigenvalue weighted by atomic mass is 9.97. The molecule has 13 heteroatoms. The smallest absolute Gasteiger partial charge is 0.410 e. The number of ether oxygens (including phenoxy) is 1. The number of nitro benzene ring substituents is 1. The van der Waals surface area contributed by atoms with E-state index >= 15 is 0 Å². The van der Waals surface area contributed by atoms with E-state index in [1.807, 2.05) is 0 Å². The molecule has 3 heterocycles. The summed E-state index contributed by atoms with van der Waals surface area (Å²) in [6.07, 6.45) is -2.07. The first-order chi connectivity index (χ1) is 16.6. The Hall–Kier alpha value is -3.90. The van der Waals surface area contributed by atoms with E-state index in [9.17, 15) is 28.1 Å². The van der Waals surface area contributed by atoms with Gasteiger partial charge in [0.05, 0.1) is 16.7 Å². The fraction of sp³-hybridized carbons (Fsp3) is 0.409. The predicted molar refractivity (Wildman–Crippen MR) is 114 cm³/mol. The number of carbonyl (C=O) groups is 1. The van der Waals surface area contributed by atoms with Crippen LogP contribution >= 0.6 is 0 Å². The second-order valence-corrected chi connectivity index (χ2v) is 8.61. The van der Waals surface area contributed by atoms with Crippen molar-refractivity contribution >= 4 is 17.4 Å². The van der Waals surface area contributed by atoms with Gasteiger partial charge in [0.25, 0.3) is 11.6 Å². The number of non-ortho nitro benzene ring substituents is 1. The molecule has 184 valence electrons. The summed E-state index contributed by atoms with van der Waals surface area (Å²) < 4.78 is 53.0. The van der Waals surface area contributed by atoms with Crippen LogP contribution in [0, 0.1) is 23.0 Å². The zero-order valence-corrected chi connectivity index (χ0v) is 18.4. The first-order valence-electron chi connectivity index (χ1n) is 10.9. The molecule has 1 aliphatic carbocycles. The summed E-state index contributed by atoms with van der Waals surface area (Å²) in [5, 5.41) is 18.6. The zero-order chi connectivity index (χ0) is 24.9. The van der Waals surface area contributed by atoms with E-state index in [-0.39, 0.29) is 36.1 Å². The monoisotopic (exact) mass is 491 g/mol. The van der Waals surface area contributed by atoms with Crippen LogP contribution < -0.4 is 9.64 Å². The molecule has 0 spiro atoms. The summed E-state index contributed by atoms with van der Waals surface area (Å²) in [6.45, 7) is 1.47. The number of carbonyl (C=O) groups excluding carboxylic acids is 1. The summed E-state index contributed by atoms with van der Waals surface area (Å²) in [6, 6.07) is 4.34. The third-order valence-electron chi connectivity index (χ3n) is 6.37. The van der Waals surface area contributed by atoms with Gasteiger partial charge in [0.15, 0.2) is 11.7 Å². The first kappa shape index (κ1) is 22.9. The minimum atomic E-state index is -4.50. The maximum atomic E-state index is 13.8. The number of amides is 1. The van der Waals surface area contributed by atoms with Crippen molar-refractivity contribution in [2.75, 3.05) is 4.90 Å². The Labute approximate surface area is 196 Å². The van der Waals surface area contributed by atoms with E-state index in [1.54, 1.807) is 6.92 Å². The molecule has 2 aliphatic rings. The molecule has 1 fully saturated rings. The Balaban J connectivity index is 1.43. The lowest BCUT2D eigenvalue weighted by Gasteiger charge is -2.40. The molecule has 5 rings (SSSR count). The van der Waals surface area contributed by atoms with Gasteiger partial charge in [-0.25, -0.2) is 4.68 Å². The number of aromatic nitrogens is 3. The van der Waals surface area contributed by atoms with Gasteiger partial charge in [-0.3, -0.25) is 19.8 Å². The molecule has 10 nitrogen and oxygen atoms in total. The molecule has 1 saturated carbocycles. The molecule has 3 aromatic rings. The number of hydrogen-bond donors (Lipinski definition) is 0. The molecule has 1 amide bonds. The Morgan fingerprint density at radius 3 is 2.60 bits per heavy atom. The minimum Gasteiger partial charge on any atom is -0.489 e. The van der Waals surface area contributed by atoms with Crippen molar-refractivity contribution in [3.05, 3.63) is 63.7 Å². The van der Waals surface area contributed by atoms with Crippen LogP contribution in [0.4, 0.5) is 24.7 Å². The Kier molecular flexibility index (Phi) is 5.49. The summed E-state index contributed by atoms with van der Waals surface area (Å²) >= 11 is 0. The third-order valence-corrected chi connectivity index (χ3v) is 6.37. The number of aryl methyl sites for hydroxylation is 1. The quantitative estimate of drug-likeness (QED) is 0.365. The number of halogens is 3. The molecule has 0 saturated heterocycles. The Morgan fingerprint density at radius 1 is 1.26 bits per heavy atom. The highest BCUT2D eigenvalue weighted by Crippen LogP contribution is 2.48. The Bertz CT molecular complexity index is 1270. The van der Waals surface area contributed by atoms with E-state index in [2.05, 4.69) is 10.3 Å². The molecule has 0 N–H and O–H groups in total. The van der Waals surface area contributed by atoms with Gasteiger partial charge in [0, 0.05) is 24.2 Å². The number of benzene rings is 1. The number of fused-ring (bicyclic) bond motifs is 1. The van der Waals surface area contributed by atoms with Gasteiger partial charge in [-0.1, -0.05) is 5.16 Å². The molecular formula is C22H20F3N5O5. The van der Waals surface area contributed by atoms with Gasteiger partial charge in [0.2, 0.25) is 0 Å². The van der Waals surface area contributed by atoms with Gasteiger partial charge in [-0.05, 0) is 44.2 Å². The van der Waals surface area contributed by atoms with Gasteiger partial charge in [0.1, 0.15) is 23.9 Å². The normalized spacial score (nSPS) is 19.9. The molecule has 0 radical (unpaired) electrons. The maximum Gasteiger partial charge on any atom is 0.410 e. The van der Waals surface area contributed by atoms with Crippen molar-refractivity contribution in [1.29, 1.82) is 0 Å². The van der Waals surface area contributed by atoms with Crippen LogP contribution in [0.5, 0.6) is 5.75 Å². The highest BCUT2D eigenvalue weighted by Gasteiger charge is 2.53. The molecule has 35 heavy (non-hydrogen) atoms. The fourth-order valence-electron chi connectivity index (χ4n) is 4.42. The fourth-order valence-corrected chi connectivity index (χ4v) is 4.42. The van der Waals surface area contributed by atoms with Crippen LogP contribution in [0.15, 0.2) is 41.1 Å². The van der Waals surface area contributed by atoms with Crippen LogP contribution in [0.3, 0.4) is 0 Å². The van der Waals surface area contributed by atoms with E-state index in [1.165, 1.54) is 41.4 Å². The van der Waals surface area contributed by atoms with Gasteiger partial charge in [-0.2, -0.15) is 18.3 Å². The van der Waals surface area contributed by atoms with Crippen molar-refractivity contribution in [3.8, 4) is 5.75 Å². The van der Waals surface area contributed by atoms with Crippen molar-refractivity contribution in [2.45, 2.75) is 51.1 Å². The summed E-state index contributed by atoms with van der Waals surface area (Å²) in [7, 11) is 0. The molecule has 1 aromatic carbocycles. The van der Waals surface area contributed by atoms with Crippen LogP contribution in [-0.2, 0) is 6.61 Å². The van der Waals surface area contributed by atoms with Crippen LogP contribution in [0.25, 0.3) is 0 Å². The van der Waals surface area contributed by atoms with E-state index in [4.69, 9.17) is 9.26 Å². The van der Waals surface area contributed by atoms with E-state index in [0.717, 1.165) is 17.5 Å². The van der Waals surface area contributed by atoms with E-state index < -0.39 is 29.1 Å². The lowest BCUT2D eigenvalue weighted by molar-refractivity contribution is -0.384. The lowest BCUT2D eigenvalue weighted by Crippen LogP contribution is -2.50. The van der Waals surface area contributed by atoms with Crippen LogP contribution in [0.2, 0.25) is 0 Å². The second kappa shape index (κ2) is 8.40.